The lowest BCUT2D eigenvalue weighted by Crippen LogP contribution is -2.31. The predicted octanol–water partition coefficient (Wildman–Crippen LogP) is 3.31. The van der Waals surface area contributed by atoms with Crippen LogP contribution in [0.5, 0.6) is 0 Å². The first kappa shape index (κ1) is 13.6. The molecule has 0 radical (unpaired) electrons. The van der Waals surface area contributed by atoms with E-state index in [1.807, 2.05) is 37.3 Å². The van der Waals surface area contributed by atoms with Crippen LogP contribution in [0.3, 0.4) is 0 Å². The molecule has 0 unspecified atom stereocenters. The van der Waals surface area contributed by atoms with Gasteiger partial charge in [0.05, 0.1) is 5.69 Å². The summed E-state index contributed by atoms with van der Waals surface area (Å²) in [6, 6.07) is 12.2. The van der Waals surface area contributed by atoms with Crippen LogP contribution in [-0.4, -0.2) is 23.1 Å². The molecular formula is C17H18N4. The molecule has 1 aromatic heterocycles. The molecular weight excluding hydrogens is 260 g/mol. The first-order valence-electron chi connectivity index (χ1n) is 7.38. The van der Waals surface area contributed by atoms with E-state index >= 15 is 0 Å². The summed E-state index contributed by atoms with van der Waals surface area (Å²) in [5, 5.41) is 9.43. The lowest BCUT2D eigenvalue weighted by molar-refractivity contribution is 0.572. The Hall–Kier alpha value is -2.41. The summed E-state index contributed by atoms with van der Waals surface area (Å²) in [7, 11) is 0. The molecule has 0 bridgehead atoms. The normalized spacial score (nSPS) is 14.8. The summed E-state index contributed by atoms with van der Waals surface area (Å²) in [5.41, 5.74) is 2.35. The number of nitrogens with zero attached hydrogens (tertiary/aromatic N) is 4. The number of aromatic nitrogens is 2. The monoisotopic (exact) mass is 278 g/mol. The molecule has 1 saturated heterocycles. The van der Waals surface area contributed by atoms with Crippen LogP contribution in [0, 0.1) is 18.3 Å². The van der Waals surface area contributed by atoms with Gasteiger partial charge in [-0.15, -0.1) is 0 Å². The molecule has 0 spiro atoms. The van der Waals surface area contributed by atoms with Crippen LogP contribution < -0.4 is 4.90 Å². The summed E-state index contributed by atoms with van der Waals surface area (Å²) in [4.78, 5) is 11.4. The molecule has 3 rings (SSSR count). The van der Waals surface area contributed by atoms with E-state index in [0.29, 0.717) is 11.4 Å². The third-order valence-corrected chi connectivity index (χ3v) is 3.87. The first-order chi connectivity index (χ1) is 10.3. The third-order valence-electron chi connectivity index (χ3n) is 3.87. The van der Waals surface area contributed by atoms with Crippen molar-refractivity contribution < 1.29 is 0 Å². The molecule has 0 atom stereocenters. The van der Waals surface area contributed by atoms with Gasteiger partial charge in [0.15, 0.2) is 11.6 Å². The first-order valence-corrected chi connectivity index (χ1v) is 7.38. The number of nitriles is 1. The van der Waals surface area contributed by atoms with Gasteiger partial charge in [-0.05, 0) is 26.2 Å². The maximum Gasteiger partial charge on any atom is 0.161 e. The molecule has 4 nitrogen and oxygen atoms in total. The highest BCUT2D eigenvalue weighted by Gasteiger charge is 2.19. The minimum Gasteiger partial charge on any atom is -0.355 e. The zero-order valence-electron chi connectivity index (χ0n) is 12.2. The van der Waals surface area contributed by atoms with E-state index in [0.717, 1.165) is 43.0 Å². The Morgan fingerprint density at radius 2 is 1.76 bits per heavy atom. The minimum absolute atomic E-state index is 0.608. The van der Waals surface area contributed by atoms with Gasteiger partial charge in [-0.1, -0.05) is 30.3 Å². The molecule has 106 valence electrons. The largest absolute Gasteiger partial charge is 0.355 e. The van der Waals surface area contributed by atoms with Crippen LogP contribution in [-0.2, 0) is 0 Å². The highest BCUT2D eigenvalue weighted by molar-refractivity contribution is 5.63. The Labute approximate surface area is 125 Å². The second-order valence-electron chi connectivity index (χ2n) is 5.36. The van der Waals surface area contributed by atoms with Crippen LogP contribution in [0.1, 0.15) is 30.5 Å². The Kier molecular flexibility index (Phi) is 3.83. The van der Waals surface area contributed by atoms with Crippen LogP contribution in [0.25, 0.3) is 11.4 Å². The van der Waals surface area contributed by atoms with Crippen molar-refractivity contribution in [3.8, 4) is 17.5 Å². The van der Waals surface area contributed by atoms with Crippen molar-refractivity contribution in [1.29, 1.82) is 5.26 Å². The van der Waals surface area contributed by atoms with E-state index in [9.17, 15) is 5.26 Å². The van der Waals surface area contributed by atoms with Crippen LogP contribution in [0.15, 0.2) is 30.3 Å². The maximum atomic E-state index is 9.43. The van der Waals surface area contributed by atoms with Crippen molar-refractivity contribution in [1.82, 2.24) is 9.97 Å². The Morgan fingerprint density at radius 1 is 1.05 bits per heavy atom. The highest BCUT2D eigenvalue weighted by Crippen LogP contribution is 2.26. The zero-order valence-corrected chi connectivity index (χ0v) is 12.2. The number of hydrogen-bond donors (Lipinski definition) is 0. The van der Waals surface area contributed by atoms with Gasteiger partial charge in [-0.2, -0.15) is 5.26 Å². The molecule has 21 heavy (non-hydrogen) atoms. The van der Waals surface area contributed by atoms with E-state index in [4.69, 9.17) is 4.98 Å². The number of benzene rings is 1. The lowest BCUT2D eigenvalue weighted by Gasteiger charge is -2.28. The SMILES string of the molecule is Cc1nc(-c2ccccc2)nc(N2CCCCC2)c1C#N. The second kappa shape index (κ2) is 5.92. The number of hydrogen-bond acceptors (Lipinski definition) is 4. The average molecular weight is 278 g/mol. The summed E-state index contributed by atoms with van der Waals surface area (Å²) in [6.45, 7) is 3.83. The van der Waals surface area contributed by atoms with E-state index in [1.165, 1.54) is 6.42 Å². The molecule has 0 saturated carbocycles. The van der Waals surface area contributed by atoms with Gasteiger partial charge in [0.2, 0.25) is 0 Å². The van der Waals surface area contributed by atoms with Gasteiger partial charge in [0.1, 0.15) is 11.6 Å². The molecule has 2 heterocycles. The Morgan fingerprint density at radius 3 is 2.43 bits per heavy atom. The standard InChI is InChI=1S/C17H18N4/c1-13-15(12-18)17(21-10-6-3-7-11-21)20-16(19-13)14-8-4-2-5-9-14/h2,4-5,8-9H,3,6-7,10-11H2,1H3. The number of piperidine rings is 1. The molecule has 0 amide bonds. The van der Waals surface area contributed by atoms with Crippen LogP contribution >= 0.6 is 0 Å². The molecule has 1 aliphatic heterocycles. The van der Waals surface area contributed by atoms with E-state index < -0.39 is 0 Å². The quantitative estimate of drug-likeness (QED) is 0.845. The van der Waals surface area contributed by atoms with Gasteiger partial charge >= 0.3 is 0 Å². The molecule has 1 fully saturated rings. The van der Waals surface area contributed by atoms with Crippen molar-refractivity contribution in [3.05, 3.63) is 41.6 Å². The molecule has 0 N–H and O–H groups in total. The predicted molar refractivity (Wildman–Crippen MR) is 83.0 cm³/mol. The summed E-state index contributed by atoms with van der Waals surface area (Å²) in [5.74, 6) is 1.50. The maximum absolute atomic E-state index is 9.43. The highest BCUT2D eigenvalue weighted by atomic mass is 15.2. The third kappa shape index (κ3) is 2.73. The average Bonchev–Trinajstić information content (AvgIpc) is 2.55. The lowest BCUT2D eigenvalue weighted by atomic mass is 10.1. The van der Waals surface area contributed by atoms with Crippen molar-refractivity contribution in [2.75, 3.05) is 18.0 Å². The van der Waals surface area contributed by atoms with Crippen molar-refractivity contribution in [3.63, 3.8) is 0 Å². The molecule has 1 aromatic carbocycles. The van der Waals surface area contributed by atoms with Gasteiger partial charge in [-0.25, -0.2) is 9.97 Å². The van der Waals surface area contributed by atoms with Gasteiger partial charge < -0.3 is 4.90 Å². The molecule has 4 heteroatoms. The number of aryl methyl sites for hydroxylation is 1. The fraction of sp³-hybridized carbons (Fsp3) is 0.353. The van der Waals surface area contributed by atoms with Crippen molar-refractivity contribution in [2.45, 2.75) is 26.2 Å². The summed E-state index contributed by atoms with van der Waals surface area (Å²) >= 11 is 0. The number of anilines is 1. The summed E-state index contributed by atoms with van der Waals surface area (Å²) in [6.07, 6.45) is 3.58. The molecule has 0 aliphatic carbocycles. The van der Waals surface area contributed by atoms with Crippen molar-refractivity contribution >= 4 is 5.82 Å². The zero-order chi connectivity index (χ0) is 14.7. The Bertz CT molecular complexity index is 667. The van der Waals surface area contributed by atoms with Gasteiger partial charge in [0, 0.05) is 18.7 Å². The topological polar surface area (TPSA) is 52.8 Å². The fourth-order valence-electron chi connectivity index (χ4n) is 2.74. The fourth-order valence-corrected chi connectivity index (χ4v) is 2.74. The van der Waals surface area contributed by atoms with Crippen molar-refractivity contribution in [2.24, 2.45) is 0 Å². The second-order valence-corrected chi connectivity index (χ2v) is 5.36. The summed E-state index contributed by atoms with van der Waals surface area (Å²) < 4.78 is 0. The smallest absolute Gasteiger partial charge is 0.161 e. The van der Waals surface area contributed by atoms with E-state index in [1.54, 1.807) is 0 Å². The van der Waals surface area contributed by atoms with Crippen LogP contribution in [0.4, 0.5) is 5.82 Å². The van der Waals surface area contributed by atoms with E-state index in [-0.39, 0.29) is 0 Å². The minimum atomic E-state index is 0.608. The molecule has 1 aliphatic rings. The van der Waals surface area contributed by atoms with Crippen LogP contribution in [0.2, 0.25) is 0 Å². The van der Waals surface area contributed by atoms with Gasteiger partial charge in [-0.3, -0.25) is 0 Å². The van der Waals surface area contributed by atoms with Gasteiger partial charge in [0.25, 0.3) is 0 Å². The molecule has 2 aromatic rings. The Balaban J connectivity index is 2.09. The number of rotatable bonds is 2. The van der Waals surface area contributed by atoms with E-state index in [2.05, 4.69) is 16.0 Å².